The molecule has 11 nitrogen and oxygen atoms in total. The quantitative estimate of drug-likeness (QED) is 0.337. The molecule has 0 unspecified atom stereocenters. The smallest absolute Gasteiger partial charge is 0.394 e. The number of phosphoric ester groups is 1. The van der Waals surface area contributed by atoms with Crippen LogP contribution in [0.15, 0.2) is 15.8 Å². The first-order chi connectivity index (χ1) is 11.2. The Balaban J connectivity index is 2.21. The topological polar surface area (TPSA) is 160 Å². The van der Waals surface area contributed by atoms with Crippen molar-refractivity contribution in [2.75, 3.05) is 19.8 Å². The molecule has 0 radical (unpaired) electrons. The average molecular weight is 366 g/mol. The molecule has 12 heteroatoms. The van der Waals surface area contributed by atoms with Crippen LogP contribution in [-0.4, -0.2) is 56.5 Å². The summed E-state index contributed by atoms with van der Waals surface area (Å²) in [6, 6.07) is 0. The van der Waals surface area contributed by atoms with Gasteiger partial charge in [0, 0.05) is 18.2 Å². The molecule has 2 rings (SSSR count). The second kappa shape index (κ2) is 7.70. The van der Waals surface area contributed by atoms with Gasteiger partial charge in [-0.3, -0.25) is 18.9 Å². The fourth-order valence-corrected chi connectivity index (χ4v) is 2.95. The van der Waals surface area contributed by atoms with Crippen LogP contribution in [-0.2, 0) is 18.6 Å². The minimum Gasteiger partial charge on any atom is -0.394 e. The summed E-state index contributed by atoms with van der Waals surface area (Å²) >= 11 is 0. The molecule has 24 heavy (non-hydrogen) atoms. The number of ether oxygens (including phenoxy) is 2. The number of aryl methyl sites for hydroxylation is 1. The molecule has 4 N–H and O–H groups in total. The fourth-order valence-electron chi connectivity index (χ4n) is 2.37. The molecule has 1 fully saturated rings. The van der Waals surface area contributed by atoms with E-state index in [2.05, 4.69) is 4.98 Å². The van der Waals surface area contributed by atoms with Gasteiger partial charge in [0.2, 0.25) is 0 Å². The van der Waals surface area contributed by atoms with E-state index < -0.39 is 37.5 Å². The van der Waals surface area contributed by atoms with Crippen molar-refractivity contribution in [2.45, 2.75) is 31.8 Å². The van der Waals surface area contributed by atoms with E-state index in [1.54, 1.807) is 0 Å². The number of H-pyrrole nitrogens is 1. The molecule has 1 aliphatic heterocycles. The van der Waals surface area contributed by atoms with Gasteiger partial charge in [0.05, 0.1) is 19.8 Å². The maximum atomic E-state index is 11.9. The van der Waals surface area contributed by atoms with Gasteiger partial charge in [-0.15, -0.1) is 0 Å². The SMILES string of the molecule is Cc1cn([C@H]2C[C@H](OP(=O)(O)O)[C@@H](COCCO)O2)c(=O)[nH]c1=O. The summed E-state index contributed by atoms with van der Waals surface area (Å²) in [7, 11) is -4.77. The van der Waals surface area contributed by atoms with Crippen molar-refractivity contribution in [3.8, 4) is 0 Å². The van der Waals surface area contributed by atoms with E-state index in [4.69, 9.17) is 28.9 Å². The number of nitrogens with zero attached hydrogens (tertiary/aromatic N) is 1. The molecule has 2 heterocycles. The number of hydrogen-bond acceptors (Lipinski definition) is 7. The lowest BCUT2D eigenvalue weighted by Crippen LogP contribution is -2.33. The summed E-state index contributed by atoms with van der Waals surface area (Å²) in [5, 5.41) is 8.71. The lowest BCUT2D eigenvalue weighted by atomic mass is 10.2. The van der Waals surface area contributed by atoms with Crippen LogP contribution >= 0.6 is 7.82 Å². The van der Waals surface area contributed by atoms with Gasteiger partial charge >= 0.3 is 13.5 Å². The van der Waals surface area contributed by atoms with Gasteiger partial charge in [0.25, 0.3) is 5.56 Å². The zero-order valence-electron chi connectivity index (χ0n) is 12.8. The third-order valence-corrected chi connectivity index (χ3v) is 3.97. The Kier molecular flexibility index (Phi) is 6.10. The highest BCUT2D eigenvalue weighted by molar-refractivity contribution is 7.46. The van der Waals surface area contributed by atoms with Crippen molar-refractivity contribution < 1.29 is 33.5 Å². The summed E-state index contributed by atoms with van der Waals surface area (Å²) in [5.41, 5.74) is -0.951. The Morgan fingerprint density at radius 1 is 1.46 bits per heavy atom. The second-order valence-corrected chi connectivity index (χ2v) is 6.47. The van der Waals surface area contributed by atoms with Crippen LogP contribution in [0.4, 0.5) is 0 Å². The highest BCUT2D eigenvalue weighted by Gasteiger charge is 2.41. The van der Waals surface area contributed by atoms with Crippen molar-refractivity contribution in [3.05, 3.63) is 32.6 Å². The molecular weight excluding hydrogens is 347 g/mol. The lowest BCUT2D eigenvalue weighted by Gasteiger charge is -2.19. The van der Waals surface area contributed by atoms with Crippen molar-refractivity contribution in [1.29, 1.82) is 0 Å². The Hall–Kier alpha value is -1.33. The predicted molar refractivity (Wildman–Crippen MR) is 79.4 cm³/mol. The first kappa shape index (κ1) is 19.0. The largest absolute Gasteiger partial charge is 0.469 e. The van der Waals surface area contributed by atoms with E-state index in [9.17, 15) is 14.2 Å². The molecule has 1 saturated heterocycles. The number of rotatable bonds is 7. The molecule has 3 atom stereocenters. The Morgan fingerprint density at radius 2 is 2.17 bits per heavy atom. The zero-order chi connectivity index (χ0) is 17.9. The van der Waals surface area contributed by atoms with E-state index in [1.165, 1.54) is 13.1 Å². The van der Waals surface area contributed by atoms with Crippen molar-refractivity contribution >= 4 is 7.82 Å². The average Bonchev–Trinajstić information content (AvgIpc) is 2.84. The van der Waals surface area contributed by atoms with Gasteiger partial charge < -0.3 is 24.4 Å². The summed E-state index contributed by atoms with van der Waals surface area (Å²) < 4.78 is 27.6. The molecule has 1 aromatic rings. The van der Waals surface area contributed by atoms with Crippen molar-refractivity contribution in [2.24, 2.45) is 0 Å². The van der Waals surface area contributed by atoms with E-state index >= 15 is 0 Å². The van der Waals surface area contributed by atoms with Gasteiger partial charge in [-0.05, 0) is 6.92 Å². The normalized spacial score (nSPS) is 24.4. The number of aliphatic hydroxyl groups is 1. The van der Waals surface area contributed by atoms with E-state index in [1.807, 2.05) is 0 Å². The number of hydrogen-bond donors (Lipinski definition) is 4. The van der Waals surface area contributed by atoms with Gasteiger partial charge in [-0.25, -0.2) is 9.36 Å². The van der Waals surface area contributed by atoms with Crippen LogP contribution < -0.4 is 11.2 Å². The number of nitrogens with one attached hydrogen (secondary N) is 1. The number of aliphatic hydroxyl groups excluding tert-OH is 1. The van der Waals surface area contributed by atoms with E-state index in [0.29, 0.717) is 0 Å². The van der Waals surface area contributed by atoms with Crippen molar-refractivity contribution in [3.63, 3.8) is 0 Å². The Bertz CT molecular complexity index is 724. The number of aromatic amines is 1. The molecule has 0 bridgehead atoms. The molecule has 0 aromatic carbocycles. The van der Waals surface area contributed by atoms with Gasteiger partial charge in [0.1, 0.15) is 18.4 Å². The van der Waals surface area contributed by atoms with Gasteiger partial charge in [-0.2, -0.15) is 0 Å². The van der Waals surface area contributed by atoms with Crippen LogP contribution in [0.5, 0.6) is 0 Å². The van der Waals surface area contributed by atoms with E-state index in [0.717, 1.165) is 4.57 Å². The summed E-state index contributed by atoms with van der Waals surface area (Å²) in [4.78, 5) is 43.4. The fraction of sp³-hybridized carbons (Fsp3) is 0.667. The Morgan fingerprint density at radius 3 is 2.79 bits per heavy atom. The van der Waals surface area contributed by atoms with Crippen LogP contribution in [0.25, 0.3) is 0 Å². The van der Waals surface area contributed by atoms with Crippen LogP contribution in [0.3, 0.4) is 0 Å². The maximum Gasteiger partial charge on any atom is 0.469 e. The minimum atomic E-state index is -4.77. The molecule has 1 aromatic heterocycles. The summed E-state index contributed by atoms with van der Waals surface area (Å²) in [6.07, 6.45) is -1.48. The molecular formula is C12H19N2O9P. The molecule has 0 aliphatic carbocycles. The minimum absolute atomic E-state index is 0.0187. The van der Waals surface area contributed by atoms with Crippen LogP contribution in [0.1, 0.15) is 18.2 Å². The monoisotopic (exact) mass is 366 g/mol. The number of phosphoric acid groups is 1. The summed E-state index contributed by atoms with van der Waals surface area (Å²) in [5.74, 6) is 0. The third-order valence-electron chi connectivity index (χ3n) is 3.43. The van der Waals surface area contributed by atoms with Crippen molar-refractivity contribution in [1.82, 2.24) is 9.55 Å². The Labute approximate surface area is 136 Å². The third kappa shape index (κ3) is 4.84. The lowest BCUT2D eigenvalue weighted by molar-refractivity contribution is -0.0661. The van der Waals surface area contributed by atoms with Crippen LogP contribution in [0, 0.1) is 6.92 Å². The second-order valence-electron chi connectivity index (χ2n) is 5.28. The predicted octanol–water partition coefficient (Wildman–Crippen LogP) is -1.38. The molecule has 1 aliphatic rings. The maximum absolute atomic E-state index is 11.9. The van der Waals surface area contributed by atoms with Crippen LogP contribution in [0.2, 0.25) is 0 Å². The highest BCUT2D eigenvalue weighted by Crippen LogP contribution is 2.43. The molecule has 0 spiro atoms. The van der Waals surface area contributed by atoms with Gasteiger partial charge in [-0.1, -0.05) is 0 Å². The first-order valence-electron chi connectivity index (χ1n) is 7.11. The highest BCUT2D eigenvalue weighted by atomic mass is 31.2. The van der Waals surface area contributed by atoms with E-state index in [-0.39, 0.29) is 31.8 Å². The zero-order valence-corrected chi connectivity index (χ0v) is 13.7. The molecule has 0 amide bonds. The first-order valence-corrected chi connectivity index (χ1v) is 8.64. The number of aromatic nitrogens is 2. The molecule has 0 saturated carbocycles. The standard InChI is InChI=1S/C12H19N2O9P/c1-7-5-14(12(17)13-11(7)16)10-4-8(23-24(18,19)20)9(22-10)6-21-3-2-15/h5,8-10,15H,2-4,6H2,1H3,(H,13,16,17)(H2,18,19,20)/t8-,9+,10+/m0/s1. The summed E-state index contributed by atoms with van der Waals surface area (Å²) in [6.45, 7) is 1.22. The van der Waals surface area contributed by atoms with Gasteiger partial charge in [0.15, 0.2) is 0 Å². The molecule has 136 valence electrons.